The van der Waals surface area contributed by atoms with Gasteiger partial charge in [0, 0.05) is 31.3 Å². The highest BCUT2D eigenvalue weighted by atomic mass is 127. The number of benzene rings is 2. The van der Waals surface area contributed by atoms with Gasteiger partial charge >= 0.3 is 6.61 Å². The van der Waals surface area contributed by atoms with Crippen molar-refractivity contribution in [1.29, 1.82) is 0 Å². The number of rotatable bonds is 10. The van der Waals surface area contributed by atoms with E-state index < -0.39 is 6.61 Å². The molecule has 2 aromatic carbocycles. The topological polar surface area (TPSA) is 64.1 Å². The van der Waals surface area contributed by atoms with Crippen LogP contribution in [0.15, 0.2) is 47.5 Å². The van der Waals surface area contributed by atoms with Crippen LogP contribution in [0, 0.1) is 6.92 Å². The Labute approximate surface area is 193 Å². The molecule has 0 amide bonds. The highest BCUT2D eigenvalue weighted by molar-refractivity contribution is 14.0. The van der Waals surface area contributed by atoms with Gasteiger partial charge in [-0.15, -0.1) is 24.0 Å². The van der Waals surface area contributed by atoms with Gasteiger partial charge in [-0.2, -0.15) is 8.78 Å². The second kappa shape index (κ2) is 14.0. The molecular weight excluding hydrogens is 507 g/mol. The molecule has 0 unspecified atom stereocenters. The number of nitrogens with zero attached hydrogens (tertiary/aromatic N) is 1. The lowest BCUT2D eigenvalue weighted by molar-refractivity contribution is -0.0504. The molecule has 0 radical (unpaired) electrons. The summed E-state index contributed by atoms with van der Waals surface area (Å²) in [5, 5.41) is 6.21. The second-order valence-corrected chi connectivity index (χ2v) is 6.21. The van der Waals surface area contributed by atoms with Crippen LogP contribution < -0.4 is 20.1 Å². The highest BCUT2D eigenvalue weighted by Gasteiger charge is 2.10. The Morgan fingerprint density at radius 3 is 2.53 bits per heavy atom. The molecule has 9 heteroatoms. The first kappa shape index (κ1) is 25.9. The second-order valence-electron chi connectivity index (χ2n) is 6.21. The smallest absolute Gasteiger partial charge is 0.387 e. The van der Waals surface area contributed by atoms with Crippen molar-refractivity contribution in [3.8, 4) is 11.5 Å². The van der Waals surface area contributed by atoms with E-state index in [2.05, 4.69) is 20.4 Å². The average molecular weight is 535 g/mol. The van der Waals surface area contributed by atoms with Crippen molar-refractivity contribution in [3.63, 3.8) is 0 Å². The van der Waals surface area contributed by atoms with Crippen molar-refractivity contribution < 1.29 is 23.0 Å². The zero-order valence-corrected chi connectivity index (χ0v) is 19.6. The van der Waals surface area contributed by atoms with Crippen molar-refractivity contribution in [3.05, 3.63) is 59.2 Å². The summed E-state index contributed by atoms with van der Waals surface area (Å²) in [6, 6.07) is 12.8. The van der Waals surface area contributed by atoms with Gasteiger partial charge < -0.3 is 24.8 Å². The van der Waals surface area contributed by atoms with Gasteiger partial charge in [0.1, 0.15) is 11.5 Å². The molecule has 0 aromatic heterocycles. The van der Waals surface area contributed by atoms with E-state index in [1.54, 1.807) is 32.4 Å². The van der Waals surface area contributed by atoms with Gasteiger partial charge in [-0.1, -0.05) is 35.9 Å². The maximum Gasteiger partial charge on any atom is 0.387 e. The van der Waals surface area contributed by atoms with E-state index in [-0.39, 0.29) is 29.7 Å². The first-order valence-corrected chi connectivity index (χ1v) is 9.22. The number of para-hydroxylation sites is 1. The molecule has 2 aromatic rings. The van der Waals surface area contributed by atoms with E-state index in [0.29, 0.717) is 37.8 Å². The monoisotopic (exact) mass is 535 g/mol. The number of guanidine groups is 1. The van der Waals surface area contributed by atoms with Crippen molar-refractivity contribution in [2.75, 3.05) is 27.3 Å². The van der Waals surface area contributed by atoms with Crippen LogP contribution >= 0.6 is 24.0 Å². The van der Waals surface area contributed by atoms with Crippen LogP contribution in [0.25, 0.3) is 0 Å². The fraction of sp³-hybridized carbons (Fsp3) is 0.381. The minimum Gasteiger partial charge on any atom is -0.496 e. The molecule has 0 fully saturated rings. The Kier molecular flexibility index (Phi) is 12.1. The van der Waals surface area contributed by atoms with Gasteiger partial charge in [0.2, 0.25) is 0 Å². The third-order valence-electron chi connectivity index (χ3n) is 4.09. The Bertz CT molecular complexity index is 807. The van der Waals surface area contributed by atoms with Gasteiger partial charge in [-0.05, 0) is 19.1 Å². The largest absolute Gasteiger partial charge is 0.496 e. The third kappa shape index (κ3) is 8.70. The maximum absolute atomic E-state index is 12.6. The molecule has 2 rings (SSSR count). The molecule has 0 spiro atoms. The van der Waals surface area contributed by atoms with E-state index in [1.807, 2.05) is 31.2 Å². The van der Waals surface area contributed by atoms with Gasteiger partial charge in [-0.3, -0.25) is 4.99 Å². The number of hydrogen-bond donors (Lipinski definition) is 2. The van der Waals surface area contributed by atoms with Gasteiger partial charge in [0.05, 0.1) is 20.3 Å². The van der Waals surface area contributed by atoms with Gasteiger partial charge in [0.15, 0.2) is 5.96 Å². The number of alkyl halides is 2. The van der Waals surface area contributed by atoms with Gasteiger partial charge in [0.25, 0.3) is 0 Å². The number of hydrogen-bond acceptors (Lipinski definition) is 4. The Morgan fingerprint density at radius 1 is 1.07 bits per heavy atom. The van der Waals surface area contributed by atoms with E-state index in [0.717, 1.165) is 16.9 Å². The minimum absolute atomic E-state index is 0. The minimum atomic E-state index is -2.87. The lowest BCUT2D eigenvalue weighted by Gasteiger charge is -2.15. The summed E-state index contributed by atoms with van der Waals surface area (Å²) in [4.78, 5) is 4.13. The Balaban J connectivity index is 0.00000450. The fourth-order valence-electron chi connectivity index (χ4n) is 2.70. The summed E-state index contributed by atoms with van der Waals surface area (Å²) < 4.78 is 40.7. The molecular formula is C21H28F2IN3O3. The van der Waals surface area contributed by atoms with Crippen molar-refractivity contribution in [2.24, 2.45) is 4.99 Å². The summed E-state index contributed by atoms with van der Waals surface area (Å²) in [6.45, 7) is 0.753. The van der Waals surface area contributed by atoms with Crippen molar-refractivity contribution in [2.45, 2.75) is 26.7 Å². The normalized spacial score (nSPS) is 11.1. The summed E-state index contributed by atoms with van der Waals surface area (Å²) in [6.07, 6.45) is 0. The Morgan fingerprint density at radius 2 is 1.83 bits per heavy atom. The molecule has 0 aliphatic heterocycles. The lowest BCUT2D eigenvalue weighted by atomic mass is 10.1. The SMILES string of the molecule is CN=C(NCCOCc1ccccc1OC)NCc1cc(C)ccc1OC(F)F.I. The number of methoxy groups -OCH3 is 1. The molecule has 0 atom stereocenters. The van der Waals surface area contributed by atoms with Crippen LogP contribution in [0.4, 0.5) is 8.78 Å². The summed E-state index contributed by atoms with van der Waals surface area (Å²) in [7, 11) is 3.26. The predicted octanol–water partition coefficient (Wildman–Crippen LogP) is 4.10. The number of nitrogens with one attached hydrogen (secondary N) is 2. The summed E-state index contributed by atoms with van der Waals surface area (Å²) in [5.74, 6) is 1.47. The van der Waals surface area contributed by atoms with Crippen molar-refractivity contribution in [1.82, 2.24) is 10.6 Å². The molecule has 2 N–H and O–H groups in total. The standard InChI is InChI=1S/C21H27F2N3O3.HI/c1-15-8-9-19(29-20(22)23)17(12-15)13-26-21(24-2)25-10-11-28-14-16-6-4-5-7-18(16)27-3;/h4-9,12,20H,10-11,13-14H2,1-3H3,(H2,24,25,26);1H. The van der Waals surface area contributed by atoms with Crippen LogP contribution in [0.3, 0.4) is 0 Å². The fourth-order valence-corrected chi connectivity index (χ4v) is 2.70. The van der Waals surface area contributed by atoms with Gasteiger partial charge in [-0.25, -0.2) is 0 Å². The third-order valence-corrected chi connectivity index (χ3v) is 4.09. The van der Waals surface area contributed by atoms with E-state index in [9.17, 15) is 8.78 Å². The number of halogens is 3. The molecule has 0 heterocycles. The number of aliphatic imine (C=N–C) groups is 1. The molecule has 166 valence electrons. The number of ether oxygens (including phenoxy) is 3. The van der Waals surface area contributed by atoms with E-state index >= 15 is 0 Å². The van der Waals surface area contributed by atoms with Crippen molar-refractivity contribution >= 4 is 29.9 Å². The quantitative estimate of drug-likeness (QED) is 0.208. The van der Waals surface area contributed by atoms with Crippen LogP contribution in [-0.4, -0.2) is 39.9 Å². The maximum atomic E-state index is 12.6. The van der Waals surface area contributed by atoms with Crippen LogP contribution in [-0.2, 0) is 17.9 Å². The molecule has 0 aliphatic rings. The van der Waals surface area contributed by atoms with E-state index in [1.165, 1.54) is 0 Å². The van der Waals surface area contributed by atoms with E-state index in [4.69, 9.17) is 9.47 Å². The molecule has 0 saturated heterocycles. The Hall–Kier alpha value is -2.14. The molecule has 6 nitrogen and oxygen atoms in total. The van der Waals surface area contributed by atoms with Crippen LogP contribution in [0.2, 0.25) is 0 Å². The first-order chi connectivity index (χ1) is 14.0. The highest BCUT2D eigenvalue weighted by Crippen LogP contribution is 2.22. The molecule has 0 aliphatic carbocycles. The first-order valence-electron chi connectivity index (χ1n) is 9.22. The molecule has 30 heavy (non-hydrogen) atoms. The zero-order valence-electron chi connectivity index (χ0n) is 17.3. The van der Waals surface area contributed by atoms with Crippen LogP contribution in [0.5, 0.6) is 11.5 Å². The summed E-state index contributed by atoms with van der Waals surface area (Å²) in [5.41, 5.74) is 2.56. The summed E-state index contributed by atoms with van der Waals surface area (Å²) >= 11 is 0. The average Bonchev–Trinajstić information content (AvgIpc) is 2.71. The van der Waals surface area contributed by atoms with Crippen LogP contribution in [0.1, 0.15) is 16.7 Å². The molecule has 0 bridgehead atoms. The number of aryl methyl sites for hydroxylation is 1. The molecule has 0 saturated carbocycles. The predicted molar refractivity (Wildman–Crippen MR) is 124 cm³/mol. The lowest BCUT2D eigenvalue weighted by Crippen LogP contribution is -2.38. The zero-order chi connectivity index (χ0) is 21.1.